The Hall–Kier alpha value is -2.27. The van der Waals surface area contributed by atoms with Crippen LogP contribution < -0.4 is 15.0 Å². The summed E-state index contributed by atoms with van der Waals surface area (Å²) in [6.07, 6.45) is 1.12. The van der Waals surface area contributed by atoms with Gasteiger partial charge in [-0.25, -0.2) is 4.39 Å². The Balaban J connectivity index is 1.42. The topological polar surface area (TPSA) is 27.7 Å². The average molecular weight is 341 g/mol. The van der Waals surface area contributed by atoms with Crippen LogP contribution in [0.15, 0.2) is 36.4 Å². The number of hydrogen-bond acceptors (Lipinski definition) is 4. The van der Waals surface area contributed by atoms with E-state index < -0.39 is 0 Å². The van der Waals surface area contributed by atoms with Crippen LogP contribution in [-0.4, -0.2) is 44.7 Å². The maximum absolute atomic E-state index is 14.2. The molecule has 2 aromatic rings. The molecule has 1 saturated heterocycles. The molecule has 0 unspecified atom stereocenters. The molecule has 25 heavy (non-hydrogen) atoms. The van der Waals surface area contributed by atoms with Crippen LogP contribution >= 0.6 is 0 Å². The lowest BCUT2D eigenvalue weighted by Crippen LogP contribution is -2.46. The van der Waals surface area contributed by atoms with E-state index in [4.69, 9.17) is 4.74 Å². The monoisotopic (exact) mass is 341 g/mol. The van der Waals surface area contributed by atoms with Crippen molar-refractivity contribution in [1.82, 2.24) is 4.90 Å². The molecule has 4 nitrogen and oxygen atoms in total. The molecule has 2 aliphatic rings. The molecule has 0 saturated carbocycles. The van der Waals surface area contributed by atoms with Crippen molar-refractivity contribution >= 4 is 11.4 Å². The maximum Gasteiger partial charge on any atom is 0.146 e. The Labute approximate surface area is 148 Å². The summed E-state index contributed by atoms with van der Waals surface area (Å²) in [6, 6.07) is 11.5. The van der Waals surface area contributed by atoms with E-state index in [1.54, 1.807) is 19.2 Å². The van der Waals surface area contributed by atoms with Crippen molar-refractivity contribution in [2.45, 2.75) is 13.0 Å². The number of halogens is 1. The van der Waals surface area contributed by atoms with Gasteiger partial charge in [0.2, 0.25) is 0 Å². The van der Waals surface area contributed by atoms with E-state index >= 15 is 0 Å². The minimum atomic E-state index is -0.181. The van der Waals surface area contributed by atoms with Gasteiger partial charge in [-0.1, -0.05) is 18.2 Å². The molecule has 2 aliphatic heterocycles. The summed E-state index contributed by atoms with van der Waals surface area (Å²) in [5, 5.41) is 3.51. The number of nitrogens with zero attached hydrogens (tertiary/aromatic N) is 2. The van der Waals surface area contributed by atoms with Gasteiger partial charge in [0.15, 0.2) is 0 Å². The standard InChI is InChI=1S/C20H24FN3O/c1-25-17-5-6-18(21)19(13-17)24-11-9-23(10-12-24)14-16-4-2-3-15-7-8-22-20(15)16/h2-6,13,22H,7-12,14H2,1H3. The fraction of sp³-hybridized carbons (Fsp3) is 0.400. The van der Waals surface area contributed by atoms with Crippen LogP contribution in [0.2, 0.25) is 0 Å². The first-order chi connectivity index (χ1) is 12.2. The number of anilines is 2. The predicted octanol–water partition coefficient (Wildman–Crippen LogP) is 3.12. The minimum Gasteiger partial charge on any atom is -0.497 e. The molecule has 0 aromatic heterocycles. The van der Waals surface area contributed by atoms with E-state index in [-0.39, 0.29) is 5.82 Å². The number of piperazine rings is 1. The van der Waals surface area contributed by atoms with Gasteiger partial charge in [-0.3, -0.25) is 4.90 Å². The summed E-state index contributed by atoms with van der Waals surface area (Å²) >= 11 is 0. The highest BCUT2D eigenvalue weighted by Crippen LogP contribution is 2.29. The van der Waals surface area contributed by atoms with Crippen molar-refractivity contribution in [3.05, 3.63) is 53.3 Å². The summed E-state index contributed by atoms with van der Waals surface area (Å²) in [7, 11) is 1.61. The predicted molar refractivity (Wildman–Crippen MR) is 99.1 cm³/mol. The first kappa shape index (κ1) is 16.2. The van der Waals surface area contributed by atoms with E-state index in [1.807, 2.05) is 0 Å². The molecule has 0 radical (unpaired) electrons. The van der Waals surface area contributed by atoms with E-state index in [9.17, 15) is 4.39 Å². The molecule has 1 fully saturated rings. The van der Waals surface area contributed by atoms with E-state index in [2.05, 4.69) is 33.3 Å². The number of methoxy groups -OCH3 is 1. The molecular formula is C20H24FN3O. The lowest BCUT2D eigenvalue weighted by atomic mass is 10.1. The van der Waals surface area contributed by atoms with Gasteiger partial charge >= 0.3 is 0 Å². The van der Waals surface area contributed by atoms with Crippen molar-refractivity contribution in [2.24, 2.45) is 0 Å². The molecule has 0 aliphatic carbocycles. The molecule has 4 rings (SSSR count). The molecule has 0 spiro atoms. The van der Waals surface area contributed by atoms with Crippen LogP contribution in [0.5, 0.6) is 5.75 Å². The van der Waals surface area contributed by atoms with Crippen LogP contribution in [0.4, 0.5) is 15.8 Å². The Kier molecular flexibility index (Phi) is 4.49. The van der Waals surface area contributed by atoms with Gasteiger partial charge in [0, 0.05) is 51.0 Å². The Morgan fingerprint density at radius 1 is 1.12 bits per heavy atom. The van der Waals surface area contributed by atoms with Crippen molar-refractivity contribution in [1.29, 1.82) is 0 Å². The number of para-hydroxylation sites is 1. The number of ether oxygens (including phenoxy) is 1. The fourth-order valence-electron chi connectivity index (χ4n) is 3.79. The van der Waals surface area contributed by atoms with Gasteiger partial charge < -0.3 is 15.0 Å². The first-order valence-electron chi connectivity index (χ1n) is 8.90. The molecule has 5 heteroatoms. The number of nitrogens with one attached hydrogen (secondary N) is 1. The molecule has 2 heterocycles. The number of benzene rings is 2. The molecule has 1 N–H and O–H groups in total. The number of rotatable bonds is 4. The van der Waals surface area contributed by atoms with Gasteiger partial charge in [0.05, 0.1) is 12.8 Å². The second kappa shape index (κ2) is 6.92. The highest BCUT2D eigenvalue weighted by Gasteiger charge is 2.22. The third-order valence-corrected chi connectivity index (χ3v) is 5.19. The van der Waals surface area contributed by atoms with Gasteiger partial charge in [-0.15, -0.1) is 0 Å². The third-order valence-electron chi connectivity index (χ3n) is 5.19. The molecule has 2 aromatic carbocycles. The zero-order valence-electron chi connectivity index (χ0n) is 14.6. The second-order valence-electron chi connectivity index (χ2n) is 6.71. The van der Waals surface area contributed by atoms with E-state index in [0.717, 1.165) is 45.7 Å². The first-order valence-corrected chi connectivity index (χ1v) is 8.90. The smallest absolute Gasteiger partial charge is 0.146 e. The summed E-state index contributed by atoms with van der Waals surface area (Å²) in [5.41, 5.74) is 4.76. The van der Waals surface area contributed by atoms with Crippen LogP contribution in [0.3, 0.4) is 0 Å². The number of hydrogen-bond donors (Lipinski definition) is 1. The van der Waals surface area contributed by atoms with Gasteiger partial charge in [-0.2, -0.15) is 0 Å². The van der Waals surface area contributed by atoms with Gasteiger partial charge in [-0.05, 0) is 29.7 Å². The summed E-state index contributed by atoms with van der Waals surface area (Å²) in [6.45, 7) is 5.50. The fourth-order valence-corrected chi connectivity index (χ4v) is 3.79. The molecular weight excluding hydrogens is 317 g/mol. The van der Waals surface area contributed by atoms with Crippen LogP contribution in [0.1, 0.15) is 11.1 Å². The third kappa shape index (κ3) is 3.29. The van der Waals surface area contributed by atoms with Gasteiger partial charge in [0.1, 0.15) is 11.6 Å². The van der Waals surface area contributed by atoms with E-state index in [1.165, 1.54) is 22.9 Å². The zero-order valence-corrected chi connectivity index (χ0v) is 14.6. The molecule has 0 amide bonds. The van der Waals surface area contributed by atoms with Crippen LogP contribution in [-0.2, 0) is 13.0 Å². The number of fused-ring (bicyclic) bond motifs is 1. The summed E-state index contributed by atoms with van der Waals surface area (Å²) in [5.74, 6) is 0.518. The zero-order chi connectivity index (χ0) is 17.2. The highest BCUT2D eigenvalue weighted by molar-refractivity contribution is 5.61. The summed E-state index contributed by atoms with van der Waals surface area (Å²) < 4.78 is 19.4. The SMILES string of the molecule is COc1ccc(F)c(N2CCN(Cc3cccc4c3NCC4)CC2)c1. The Bertz CT molecular complexity index is 757. The lowest BCUT2D eigenvalue weighted by Gasteiger charge is -2.36. The van der Waals surface area contributed by atoms with Crippen molar-refractivity contribution < 1.29 is 9.13 Å². The second-order valence-corrected chi connectivity index (χ2v) is 6.71. The highest BCUT2D eigenvalue weighted by atomic mass is 19.1. The van der Waals surface area contributed by atoms with Gasteiger partial charge in [0.25, 0.3) is 0 Å². The summed E-state index contributed by atoms with van der Waals surface area (Å²) in [4.78, 5) is 4.56. The van der Waals surface area contributed by atoms with Crippen molar-refractivity contribution in [3.63, 3.8) is 0 Å². The van der Waals surface area contributed by atoms with Crippen LogP contribution in [0.25, 0.3) is 0 Å². The maximum atomic E-state index is 14.2. The normalized spacial score (nSPS) is 17.3. The largest absolute Gasteiger partial charge is 0.497 e. The Morgan fingerprint density at radius 3 is 2.76 bits per heavy atom. The molecule has 132 valence electrons. The lowest BCUT2D eigenvalue weighted by molar-refractivity contribution is 0.249. The van der Waals surface area contributed by atoms with Crippen LogP contribution in [0, 0.1) is 5.82 Å². The van der Waals surface area contributed by atoms with Crippen molar-refractivity contribution in [3.8, 4) is 5.75 Å². The Morgan fingerprint density at radius 2 is 1.96 bits per heavy atom. The van der Waals surface area contributed by atoms with Crippen molar-refractivity contribution in [2.75, 3.05) is 50.1 Å². The quantitative estimate of drug-likeness (QED) is 0.925. The molecule has 0 bridgehead atoms. The minimum absolute atomic E-state index is 0.181. The average Bonchev–Trinajstić information content (AvgIpc) is 3.13. The molecule has 0 atom stereocenters. The van der Waals surface area contributed by atoms with E-state index in [0.29, 0.717) is 11.4 Å².